The predicted molar refractivity (Wildman–Crippen MR) is 101 cm³/mol. The summed E-state index contributed by atoms with van der Waals surface area (Å²) >= 11 is 0. The number of nitrogens with one attached hydrogen (secondary N) is 1. The van der Waals surface area contributed by atoms with Crippen LogP contribution in [-0.4, -0.2) is 53.5 Å². The van der Waals surface area contributed by atoms with E-state index in [0.29, 0.717) is 26.1 Å². The summed E-state index contributed by atoms with van der Waals surface area (Å²) in [5, 5.41) is 3.00. The van der Waals surface area contributed by atoms with Crippen LogP contribution in [0, 0.1) is 6.92 Å². The van der Waals surface area contributed by atoms with Gasteiger partial charge in [-0.1, -0.05) is 24.3 Å². The van der Waals surface area contributed by atoms with E-state index in [9.17, 15) is 9.59 Å². The van der Waals surface area contributed by atoms with E-state index in [-0.39, 0.29) is 17.5 Å². The SMILES string of the molecule is Cc1ccccc1CCC(=O)N1CCCN(C(=O)NC(C)(C)C)CC1. The number of hydrogen-bond donors (Lipinski definition) is 1. The molecule has 5 nitrogen and oxygen atoms in total. The van der Waals surface area contributed by atoms with E-state index >= 15 is 0 Å². The first-order valence-corrected chi connectivity index (χ1v) is 9.15. The van der Waals surface area contributed by atoms with Gasteiger partial charge in [0.1, 0.15) is 0 Å². The van der Waals surface area contributed by atoms with E-state index < -0.39 is 0 Å². The minimum Gasteiger partial charge on any atom is -0.341 e. The van der Waals surface area contributed by atoms with Gasteiger partial charge in [0.15, 0.2) is 0 Å². The first kappa shape index (κ1) is 19.3. The van der Waals surface area contributed by atoms with Crippen molar-refractivity contribution in [1.82, 2.24) is 15.1 Å². The highest BCUT2D eigenvalue weighted by Gasteiger charge is 2.24. The molecule has 25 heavy (non-hydrogen) atoms. The maximum absolute atomic E-state index is 12.5. The number of nitrogens with zero attached hydrogens (tertiary/aromatic N) is 2. The average Bonchev–Trinajstić information content (AvgIpc) is 2.78. The molecule has 1 aliphatic heterocycles. The van der Waals surface area contributed by atoms with Gasteiger partial charge in [-0.2, -0.15) is 0 Å². The summed E-state index contributed by atoms with van der Waals surface area (Å²) in [7, 11) is 0. The lowest BCUT2D eigenvalue weighted by atomic mass is 10.0. The number of rotatable bonds is 3. The number of carbonyl (C=O) groups excluding carboxylic acids is 2. The molecule has 0 aromatic heterocycles. The van der Waals surface area contributed by atoms with Crippen LogP contribution in [0.25, 0.3) is 0 Å². The van der Waals surface area contributed by atoms with Gasteiger partial charge in [-0.15, -0.1) is 0 Å². The molecule has 1 aliphatic rings. The Hall–Kier alpha value is -2.04. The zero-order valence-electron chi connectivity index (χ0n) is 16.0. The molecule has 0 radical (unpaired) electrons. The maximum atomic E-state index is 12.5. The molecule has 5 heteroatoms. The van der Waals surface area contributed by atoms with Crippen molar-refractivity contribution in [1.29, 1.82) is 0 Å². The van der Waals surface area contributed by atoms with Crippen LogP contribution < -0.4 is 5.32 Å². The lowest BCUT2D eigenvalue weighted by Crippen LogP contribution is -2.49. The van der Waals surface area contributed by atoms with Crippen LogP contribution in [0.1, 0.15) is 44.7 Å². The monoisotopic (exact) mass is 345 g/mol. The Morgan fingerprint density at radius 2 is 1.68 bits per heavy atom. The summed E-state index contributed by atoms with van der Waals surface area (Å²) in [6, 6.07) is 8.17. The van der Waals surface area contributed by atoms with Crippen molar-refractivity contribution in [3.05, 3.63) is 35.4 Å². The van der Waals surface area contributed by atoms with Crippen LogP contribution in [0.15, 0.2) is 24.3 Å². The molecular formula is C20H31N3O2. The Bertz CT molecular complexity index is 607. The van der Waals surface area contributed by atoms with Crippen LogP contribution in [0.3, 0.4) is 0 Å². The third-order valence-corrected chi connectivity index (χ3v) is 4.49. The summed E-state index contributed by atoms with van der Waals surface area (Å²) in [5.74, 6) is 0.182. The fraction of sp³-hybridized carbons (Fsp3) is 0.600. The van der Waals surface area contributed by atoms with Crippen molar-refractivity contribution in [3.63, 3.8) is 0 Å². The molecule has 0 spiro atoms. The van der Waals surface area contributed by atoms with Gasteiger partial charge in [0.05, 0.1) is 0 Å². The van der Waals surface area contributed by atoms with Crippen LogP contribution in [0.5, 0.6) is 0 Å². The van der Waals surface area contributed by atoms with Crippen LogP contribution in [0.2, 0.25) is 0 Å². The molecular weight excluding hydrogens is 314 g/mol. The van der Waals surface area contributed by atoms with Crippen molar-refractivity contribution >= 4 is 11.9 Å². The highest BCUT2D eigenvalue weighted by Crippen LogP contribution is 2.12. The summed E-state index contributed by atoms with van der Waals surface area (Å²) in [6.45, 7) is 10.6. The maximum Gasteiger partial charge on any atom is 0.317 e. The second-order valence-corrected chi connectivity index (χ2v) is 7.83. The number of benzene rings is 1. The molecule has 1 fully saturated rings. The fourth-order valence-corrected chi connectivity index (χ4v) is 3.06. The number of urea groups is 1. The van der Waals surface area contributed by atoms with E-state index in [1.807, 2.05) is 42.7 Å². The Kier molecular flexibility index (Phi) is 6.45. The smallest absolute Gasteiger partial charge is 0.317 e. The fourth-order valence-electron chi connectivity index (χ4n) is 3.06. The summed E-state index contributed by atoms with van der Waals surface area (Å²) in [4.78, 5) is 28.6. The van der Waals surface area contributed by atoms with Crippen LogP contribution in [-0.2, 0) is 11.2 Å². The molecule has 138 valence electrons. The van der Waals surface area contributed by atoms with E-state index in [4.69, 9.17) is 0 Å². The molecule has 0 aliphatic carbocycles. The van der Waals surface area contributed by atoms with Gasteiger partial charge in [-0.3, -0.25) is 4.79 Å². The molecule has 1 heterocycles. The third kappa shape index (κ3) is 6.07. The summed E-state index contributed by atoms with van der Waals surface area (Å²) in [6.07, 6.45) is 2.13. The Labute approximate surface area is 151 Å². The predicted octanol–water partition coefficient (Wildman–Crippen LogP) is 2.97. The standard InChI is InChI=1S/C20H31N3O2/c1-16-8-5-6-9-17(16)10-11-18(24)22-12-7-13-23(15-14-22)19(25)21-20(2,3)4/h5-6,8-9H,7,10-15H2,1-4H3,(H,21,25). The average molecular weight is 345 g/mol. The third-order valence-electron chi connectivity index (χ3n) is 4.49. The molecule has 1 aromatic rings. The van der Waals surface area contributed by atoms with E-state index in [0.717, 1.165) is 19.4 Å². The summed E-state index contributed by atoms with van der Waals surface area (Å²) in [5.41, 5.74) is 2.22. The Balaban J connectivity index is 1.84. The first-order chi connectivity index (χ1) is 11.8. The zero-order chi connectivity index (χ0) is 18.4. The summed E-state index contributed by atoms with van der Waals surface area (Å²) < 4.78 is 0. The minimum atomic E-state index is -0.244. The van der Waals surface area contributed by atoms with Crippen LogP contribution >= 0.6 is 0 Å². The second kappa shape index (κ2) is 8.37. The van der Waals surface area contributed by atoms with Crippen molar-refractivity contribution in [2.45, 2.75) is 52.5 Å². The molecule has 0 unspecified atom stereocenters. The topological polar surface area (TPSA) is 52.7 Å². The van der Waals surface area contributed by atoms with Gasteiger partial charge in [-0.05, 0) is 51.7 Å². The Morgan fingerprint density at radius 1 is 1.04 bits per heavy atom. The molecule has 1 aromatic carbocycles. The van der Waals surface area contributed by atoms with Crippen LogP contribution in [0.4, 0.5) is 4.79 Å². The molecule has 0 atom stereocenters. The highest BCUT2D eigenvalue weighted by atomic mass is 16.2. The van der Waals surface area contributed by atoms with Gasteiger partial charge in [0, 0.05) is 38.1 Å². The van der Waals surface area contributed by atoms with Gasteiger partial charge in [0.25, 0.3) is 0 Å². The number of hydrogen-bond acceptors (Lipinski definition) is 2. The lowest BCUT2D eigenvalue weighted by Gasteiger charge is -2.27. The molecule has 1 N–H and O–H groups in total. The number of aryl methyl sites for hydroxylation is 2. The molecule has 3 amide bonds. The molecule has 0 saturated carbocycles. The number of amides is 3. The highest BCUT2D eigenvalue weighted by molar-refractivity contribution is 5.77. The second-order valence-electron chi connectivity index (χ2n) is 7.83. The molecule has 2 rings (SSSR count). The lowest BCUT2D eigenvalue weighted by molar-refractivity contribution is -0.131. The van der Waals surface area contributed by atoms with Crippen molar-refractivity contribution in [3.8, 4) is 0 Å². The Morgan fingerprint density at radius 3 is 2.36 bits per heavy atom. The van der Waals surface area contributed by atoms with E-state index in [1.54, 1.807) is 0 Å². The van der Waals surface area contributed by atoms with Gasteiger partial charge >= 0.3 is 6.03 Å². The van der Waals surface area contributed by atoms with Gasteiger partial charge in [-0.25, -0.2) is 4.79 Å². The largest absolute Gasteiger partial charge is 0.341 e. The molecule has 1 saturated heterocycles. The first-order valence-electron chi connectivity index (χ1n) is 9.15. The van der Waals surface area contributed by atoms with E-state index in [2.05, 4.69) is 24.4 Å². The minimum absolute atomic E-state index is 0.0401. The van der Waals surface area contributed by atoms with E-state index in [1.165, 1.54) is 11.1 Å². The van der Waals surface area contributed by atoms with Gasteiger partial charge < -0.3 is 15.1 Å². The van der Waals surface area contributed by atoms with Gasteiger partial charge in [0.2, 0.25) is 5.91 Å². The zero-order valence-corrected chi connectivity index (χ0v) is 16.0. The molecule has 0 bridgehead atoms. The van der Waals surface area contributed by atoms with Crippen molar-refractivity contribution in [2.75, 3.05) is 26.2 Å². The quantitative estimate of drug-likeness (QED) is 0.916. The van der Waals surface area contributed by atoms with Crippen molar-refractivity contribution < 1.29 is 9.59 Å². The van der Waals surface area contributed by atoms with Crippen molar-refractivity contribution in [2.24, 2.45) is 0 Å². The normalized spacial score (nSPS) is 15.7. The number of carbonyl (C=O) groups is 2.